The molecule has 0 radical (unpaired) electrons. The fourth-order valence-corrected chi connectivity index (χ4v) is 2.70. The molecule has 0 aliphatic carbocycles. The van der Waals surface area contributed by atoms with Crippen LogP contribution in [0.4, 0.5) is 0 Å². The summed E-state index contributed by atoms with van der Waals surface area (Å²) in [7, 11) is 2.12. The third-order valence-electron chi connectivity index (χ3n) is 3.96. The van der Waals surface area contributed by atoms with E-state index in [2.05, 4.69) is 67.4 Å². The van der Waals surface area contributed by atoms with Gasteiger partial charge in [0.05, 0.1) is 0 Å². The van der Waals surface area contributed by atoms with E-state index in [-0.39, 0.29) is 0 Å². The molecule has 0 atom stereocenters. The van der Waals surface area contributed by atoms with Gasteiger partial charge in [-0.3, -0.25) is 4.90 Å². The second kappa shape index (κ2) is 7.34. The van der Waals surface area contributed by atoms with Crippen LogP contribution in [0.1, 0.15) is 16.7 Å². The van der Waals surface area contributed by atoms with Gasteiger partial charge in [0, 0.05) is 13.1 Å². The Morgan fingerprint density at radius 3 is 2.65 bits per heavy atom. The lowest BCUT2D eigenvalue weighted by atomic mass is 10.1. The summed E-state index contributed by atoms with van der Waals surface area (Å²) in [5, 5.41) is 0. The summed E-state index contributed by atoms with van der Waals surface area (Å²) >= 11 is 0. The van der Waals surface area contributed by atoms with Crippen LogP contribution in [0.15, 0.2) is 48.5 Å². The predicted octanol–water partition coefficient (Wildman–Crippen LogP) is 3.91. The zero-order valence-corrected chi connectivity index (χ0v) is 13.8. The Hall–Kier alpha value is -2.26. The van der Waals surface area contributed by atoms with Gasteiger partial charge in [0.1, 0.15) is 13.2 Å². The average Bonchev–Trinajstić information content (AvgIpc) is 2.56. The Morgan fingerprint density at radius 2 is 1.83 bits per heavy atom. The minimum absolute atomic E-state index is 0.630. The smallest absolute Gasteiger partial charge is 0.161 e. The summed E-state index contributed by atoms with van der Waals surface area (Å²) < 4.78 is 11.2. The molecule has 0 spiro atoms. The Bertz CT molecular complexity index is 694. The van der Waals surface area contributed by atoms with Crippen molar-refractivity contribution in [1.29, 1.82) is 0 Å². The predicted molar refractivity (Wildman–Crippen MR) is 94.0 cm³/mol. The van der Waals surface area contributed by atoms with Crippen molar-refractivity contribution in [3.05, 3.63) is 65.2 Å². The van der Waals surface area contributed by atoms with Gasteiger partial charge in [-0.05, 0) is 42.8 Å². The second-order valence-electron chi connectivity index (χ2n) is 5.93. The molecule has 3 nitrogen and oxygen atoms in total. The highest BCUT2D eigenvalue weighted by Crippen LogP contribution is 2.30. The van der Waals surface area contributed by atoms with Gasteiger partial charge in [0.2, 0.25) is 0 Å². The summed E-state index contributed by atoms with van der Waals surface area (Å²) in [6, 6.07) is 14.6. The fraction of sp³-hybridized carbons (Fsp3) is 0.300. The van der Waals surface area contributed by atoms with E-state index in [0.717, 1.165) is 24.6 Å². The molecule has 1 aliphatic rings. The highest BCUT2D eigenvalue weighted by molar-refractivity contribution is 5.53. The first-order valence-electron chi connectivity index (χ1n) is 8.01. The molecule has 0 N–H and O–H groups in total. The van der Waals surface area contributed by atoms with Gasteiger partial charge in [0.25, 0.3) is 0 Å². The van der Waals surface area contributed by atoms with Gasteiger partial charge in [-0.25, -0.2) is 0 Å². The van der Waals surface area contributed by atoms with Gasteiger partial charge < -0.3 is 9.47 Å². The summed E-state index contributed by atoms with van der Waals surface area (Å²) in [6.07, 6.45) is 4.40. The molecule has 0 amide bonds. The maximum absolute atomic E-state index is 5.64. The molecule has 0 unspecified atom stereocenters. The molecule has 0 fully saturated rings. The highest BCUT2D eigenvalue weighted by Gasteiger charge is 2.12. The number of hydrogen-bond acceptors (Lipinski definition) is 3. The van der Waals surface area contributed by atoms with Crippen LogP contribution >= 0.6 is 0 Å². The normalized spacial score (nSPS) is 13.7. The number of benzene rings is 2. The van der Waals surface area contributed by atoms with Crippen LogP contribution in [-0.4, -0.2) is 31.7 Å². The van der Waals surface area contributed by atoms with E-state index in [1.807, 2.05) is 6.07 Å². The lowest BCUT2D eigenvalue weighted by Crippen LogP contribution is -2.19. The second-order valence-corrected chi connectivity index (χ2v) is 5.93. The molecule has 0 saturated carbocycles. The molecule has 1 heterocycles. The molecule has 120 valence electrons. The molecule has 2 aromatic carbocycles. The molecular formula is C20H23NO2. The van der Waals surface area contributed by atoms with Gasteiger partial charge in [-0.2, -0.15) is 0 Å². The molecule has 3 heteroatoms. The van der Waals surface area contributed by atoms with Gasteiger partial charge in [-0.15, -0.1) is 0 Å². The Morgan fingerprint density at radius 1 is 1.04 bits per heavy atom. The van der Waals surface area contributed by atoms with Gasteiger partial charge in [0.15, 0.2) is 11.5 Å². The number of rotatable bonds is 5. The Labute approximate surface area is 138 Å². The Kier molecular flexibility index (Phi) is 4.99. The van der Waals surface area contributed by atoms with Crippen molar-refractivity contribution >= 4 is 6.08 Å². The van der Waals surface area contributed by atoms with Crippen molar-refractivity contribution in [2.45, 2.75) is 13.5 Å². The van der Waals surface area contributed by atoms with Crippen LogP contribution in [0.2, 0.25) is 0 Å². The zero-order valence-electron chi connectivity index (χ0n) is 13.8. The average molecular weight is 309 g/mol. The summed E-state index contributed by atoms with van der Waals surface area (Å²) in [5.74, 6) is 1.71. The van der Waals surface area contributed by atoms with Crippen LogP contribution in [-0.2, 0) is 6.54 Å². The maximum Gasteiger partial charge on any atom is 0.161 e. The van der Waals surface area contributed by atoms with E-state index in [4.69, 9.17) is 9.47 Å². The van der Waals surface area contributed by atoms with Crippen molar-refractivity contribution < 1.29 is 9.47 Å². The Balaban J connectivity index is 1.57. The maximum atomic E-state index is 5.64. The fourth-order valence-electron chi connectivity index (χ4n) is 2.70. The summed E-state index contributed by atoms with van der Waals surface area (Å²) in [5.41, 5.74) is 3.82. The molecule has 0 aromatic heterocycles. The van der Waals surface area contributed by atoms with Crippen LogP contribution in [0.3, 0.4) is 0 Å². The molecule has 2 aromatic rings. The minimum atomic E-state index is 0.630. The molecular weight excluding hydrogens is 286 g/mol. The van der Waals surface area contributed by atoms with E-state index >= 15 is 0 Å². The van der Waals surface area contributed by atoms with E-state index in [1.165, 1.54) is 16.7 Å². The number of likely N-dealkylation sites (N-methyl/N-ethyl adjacent to an activating group) is 1. The third-order valence-corrected chi connectivity index (χ3v) is 3.96. The minimum Gasteiger partial charge on any atom is -0.486 e. The molecule has 0 bridgehead atoms. The summed E-state index contributed by atoms with van der Waals surface area (Å²) in [6.45, 7) is 5.19. The molecule has 0 saturated heterocycles. The van der Waals surface area contributed by atoms with Crippen molar-refractivity contribution in [1.82, 2.24) is 4.90 Å². The van der Waals surface area contributed by atoms with E-state index in [9.17, 15) is 0 Å². The first-order valence-corrected chi connectivity index (χ1v) is 8.01. The molecule has 1 aliphatic heterocycles. The number of ether oxygens (including phenoxy) is 2. The van der Waals surface area contributed by atoms with Crippen molar-refractivity contribution in [3.63, 3.8) is 0 Å². The van der Waals surface area contributed by atoms with Crippen LogP contribution in [0, 0.1) is 6.92 Å². The quantitative estimate of drug-likeness (QED) is 0.836. The first-order chi connectivity index (χ1) is 11.2. The molecule has 3 rings (SSSR count). The standard InChI is InChI=1S/C20H23NO2/c1-16-6-3-4-7-18(16)8-5-11-21(2)15-17-9-10-19-20(14-17)23-13-12-22-19/h3-10,14H,11-13,15H2,1-2H3. The van der Waals surface area contributed by atoms with Crippen LogP contribution in [0.25, 0.3) is 6.08 Å². The van der Waals surface area contributed by atoms with Crippen LogP contribution < -0.4 is 9.47 Å². The largest absolute Gasteiger partial charge is 0.486 e. The third kappa shape index (κ3) is 4.14. The number of hydrogen-bond donors (Lipinski definition) is 0. The summed E-state index contributed by atoms with van der Waals surface area (Å²) in [4.78, 5) is 2.28. The van der Waals surface area contributed by atoms with Gasteiger partial charge in [-0.1, -0.05) is 42.5 Å². The number of nitrogens with zero attached hydrogens (tertiary/aromatic N) is 1. The lowest BCUT2D eigenvalue weighted by Gasteiger charge is -2.20. The monoisotopic (exact) mass is 309 g/mol. The topological polar surface area (TPSA) is 21.7 Å². The highest BCUT2D eigenvalue weighted by atomic mass is 16.6. The number of aryl methyl sites for hydroxylation is 1. The van der Waals surface area contributed by atoms with Crippen molar-refractivity contribution in [2.75, 3.05) is 26.8 Å². The first kappa shape index (κ1) is 15.6. The molecule has 23 heavy (non-hydrogen) atoms. The van der Waals surface area contributed by atoms with Crippen molar-refractivity contribution in [2.24, 2.45) is 0 Å². The van der Waals surface area contributed by atoms with E-state index in [0.29, 0.717) is 13.2 Å². The SMILES string of the molecule is Cc1ccccc1C=CCN(C)Cc1ccc2c(c1)OCCO2. The number of fused-ring (bicyclic) bond motifs is 1. The zero-order chi connectivity index (χ0) is 16.1. The van der Waals surface area contributed by atoms with Crippen molar-refractivity contribution in [3.8, 4) is 11.5 Å². The van der Waals surface area contributed by atoms with E-state index in [1.54, 1.807) is 0 Å². The van der Waals surface area contributed by atoms with Gasteiger partial charge >= 0.3 is 0 Å². The lowest BCUT2D eigenvalue weighted by molar-refractivity contribution is 0.171. The van der Waals surface area contributed by atoms with E-state index < -0.39 is 0 Å². The van der Waals surface area contributed by atoms with Crippen LogP contribution in [0.5, 0.6) is 11.5 Å².